The predicted octanol–water partition coefficient (Wildman–Crippen LogP) is 2.46. The van der Waals surface area contributed by atoms with E-state index in [2.05, 4.69) is 46.7 Å². The monoisotopic (exact) mass is 289 g/mol. The minimum absolute atomic E-state index is 0.197. The maximum absolute atomic E-state index is 11.6. The minimum Gasteiger partial charge on any atom is -0.378 e. The molecule has 1 fully saturated rings. The Morgan fingerprint density at radius 1 is 1.29 bits per heavy atom. The molecule has 116 valence electrons. The average molecular weight is 289 g/mol. The number of rotatable bonds is 8. The highest BCUT2D eigenvalue weighted by Gasteiger charge is 2.22. The van der Waals surface area contributed by atoms with Crippen molar-refractivity contribution in [3.63, 3.8) is 0 Å². The van der Waals surface area contributed by atoms with Crippen LogP contribution in [0.15, 0.2) is 24.3 Å². The highest BCUT2D eigenvalue weighted by atomic mass is 16.1. The van der Waals surface area contributed by atoms with Crippen LogP contribution in [0.25, 0.3) is 0 Å². The van der Waals surface area contributed by atoms with Gasteiger partial charge in [0.05, 0.1) is 0 Å². The summed E-state index contributed by atoms with van der Waals surface area (Å²) in [4.78, 5) is 13.7. The number of anilines is 1. The highest BCUT2D eigenvalue weighted by Crippen LogP contribution is 2.19. The van der Waals surface area contributed by atoms with Gasteiger partial charge < -0.3 is 15.5 Å². The van der Waals surface area contributed by atoms with Crippen LogP contribution in [0.4, 0.5) is 5.69 Å². The zero-order chi connectivity index (χ0) is 15.2. The van der Waals surface area contributed by atoms with Gasteiger partial charge in [0, 0.05) is 38.3 Å². The Morgan fingerprint density at radius 2 is 1.95 bits per heavy atom. The molecule has 1 aliphatic rings. The van der Waals surface area contributed by atoms with E-state index in [1.165, 1.54) is 11.3 Å². The second-order valence-electron chi connectivity index (χ2n) is 6.11. The van der Waals surface area contributed by atoms with Gasteiger partial charge in [-0.05, 0) is 50.4 Å². The number of carbonyl (C=O) groups is 1. The van der Waals surface area contributed by atoms with Gasteiger partial charge in [-0.1, -0.05) is 12.1 Å². The van der Waals surface area contributed by atoms with Crippen LogP contribution in [0, 0.1) is 0 Å². The van der Waals surface area contributed by atoms with Gasteiger partial charge in [-0.25, -0.2) is 0 Å². The molecule has 4 heteroatoms. The van der Waals surface area contributed by atoms with E-state index in [0.29, 0.717) is 18.5 Å². The summed E-state index contributed by atoms with van der Waals surface area (Å²) in [5.74, 6) is 0.197. The molecule has 1 aromatic carbocycles. The zero-order valence-corrected chi connectivity index (χ0v) is 13.4. The van der Waals surface area contributed by atoms with Crippen LogP contribution in [-0.4, -0.2) is 32.6 Å². The van der Waals surface area contributed by atoms with Gasteiger partial charge in [0.1, 0.15) is 0 Å². The number of hydrogen-bond donors (Lipinski definition) is 2. The highest BCUT2D eigenvalue weighted by molar-refractivity contribution is 5.76. The smallest absolute Gasteiger partial charge is 0.220 e. The van der Waals surface area contributed by atoms with Crippen LogP contribution >= 0.6 is 0 Å². The molecule has 0 aromatic heterocycles. The zero-order valence-electron chi connectivity index (χ0n) is 13.4. The maximum Gasteiger partial charge on any atom is 0.220 e. The molecule has 1 aliphatic carbocycles. The van der Waals surface area contributed by atoms with Crippen molar-refractivity contribution < 1.29 is 4.79 Å². The van der Waals surface area contributed by atoms with Crippen molar-refractivity contribution in [2.45, 2.75) is 44.7 Å². The van der Waals surface area contributed by atoms with Crippen molar-refractivity contribution in [3.8, 4) is 0 Å². The Bertz CT molecular complexity index is 452. The Balaban J connectivity index is 1.66. The van der Waals surface area contributed by atoms with Crippen molar-refractivity contribution in [1.82, 2.24) is 10.6 Å². The summed E-state index contributed by atoms with van der Waals surface area (Å²) in [7, 11) is 4.09. The third kappa shape index (κ3) is 5.38. The third-order valence-corrected chi connectivity index (χ3v) is 3.88. The first-order chi connectivity index (χ1) is 10.1. The van der Waals surface area contributed by atoms with Gasteiger partial charge in [-0.3, -0.25) is 4.79 Å². The molecule has 1 unspecified atom stereocenters. The first-order valence-corrected chi connectivity index (χ1v) is 7.86. The van der Waals surface area contributed by atoms with Crippen molar-refractivity contribution in [2.75, 3.05) is 25.5 Å². The topological polar surface area (TPSA) is 44.4 Å². The van der Waals surface area contributed by atoms with Crippen molar-refractivity contribution in [2.24, 2.45) is 0 Å². The molecular weight excluding hydrogens is 262 g/mol. The summed E-state index contributed by atoms with van der Waals surface area (Å²) in [6.07, 6.45) is 3.82. The maximum atomic E-state index is 11.6. The molecule has 0 spiro atoms. The minimum atomic E-state index is 0.197. The van der Waals surface area contributed by atoms with E-state index in [9.17, 15) is 4.79 Å². The van der Waals surface area contributed by atoms with Gasteiger partial charge in [0.25, 0.3) is 0 Å². The molecule has 2 N–H and O–H groups in total. The summed E-state index contributed by atoms with van der Waals surface area (Å²) in [6.45, 7) is 3.03. The molecule has 0 heterocycles. The second-order valence-corrected chi connectivity index (χ2v) is 6.11. The summed E-state index contributed by atoms with van der Waals surface area (Å²) >= 11 is 0. The number of nitrogens with one attached hydrogen (secondary N) is 2. The van der Waals surface area contributed by atoms with E-state index >= 15 is 0 Å². The summed E-state index contributed by atoms with van der Waals surface area (Å²) in [5.41, 5.74) is 2.49. The van der Waals surface area contributed by atoms with Crippen LogP contribution in [0.3, 0.4) is 0 Å². The number of benzene rings is 1. The average Bonchev–Trinajstić information content (AvgIpc) is 3.27. The van der Waals surface area contributed by atoms with E-state index < -0.39 is 0 Å². The molecule has 1 amide bonds. The van der Waals surface area contributed by atoms with Crippen molar-refractivity contribution in [3.05, 3.63) is 29.8 Å². The Morgan fingerprint density at radius 3 is 2.52 bits per heavy atom. The summed E-state index contributed by atoms with van der Waals surface area (Å²) in [5, 5.41) is 6.50. The van der Waals surface area contributed by atoms with Crippen LogP contribution in [0.2, 0.25) is 0 Å². The fourth-order valence-corrected chi connectivity index (χ4v) is 2.27. The molecule has 0 radical (unpaired) electrons. The fourth-order valence-electron chi connectivity index (χ4n) is 2.27. The number of carbonyl (C=O) groups excluding carboxylic acids is 1. The number of hydrogen-bond acceptors (Lipinski definition) is 3. The standard InChI is InChI=1S/C17H27N3O/c1-13(14-6-10-16(11-7-14)20(2)3)18-12-4-5-17(21)19-15-8-9-15/h6-7,10-11,13,15,18H,4-5,8-9,12H2,1-3H3,(H,19,21). The molecule has 0 aliphatic heterocycles. The SMILES string of the molecule is CC(NCCCC(=O)NC1CC1)c1ccc(N(C)C)cc1. The van der Waals surface area contributed by atoms with Crippen LogP contribution in [-0.2, 0) is 4.79 Å². The molecule has 1 atom stereocenters. The van der Waals surface area contributed by atoms with Crippen LogP contribution in [0.5, 0.6) is 0 Å². The lowest BCUT2D eigenvalue weighted by molar-refractivity contribution is -0.121. The molecule has 1 saturated carbocycles. The van der Waals surface area contributed by atoms with Gasteiger partial charge in [0.15, 0.2) is 0 Å². The number of nitrogens with zero attached hydrogens (tertiary/aromatic N) is 1. The molecular formula is C17H27N3O. The lowest BCUT2D eigenvalue weighted by atomic mass is 10.1. The van der Waals surface area contributed by atoms with Gasteiger partial charge in [-0.2, -0.15) is 0 Å². The lowest BCUT2D eigenvalue weighted by Gasteiger charge is -2.17. The number of amides is 1. The molecule has 21 heavy (non-hydrogen) atoms. The van der Waals surface area contributed by atoms with Crippen molar-refractivity contribution in [1.29, 1.82) is 0 Å². The molecule has 4 nitrogen and oxygen atoms in total. The quantitative estimate of drug-likeness (QED) is 0.723. The normalized spacial score (nSPS) is 15.6. The third-order valence-electron chi connectivity index (χ3n) is 3.88. The molecule has 1 aromatic rings. The first kappa shape index (κ1) is 15.8. The Kier molecular flexibility index (Phi) is 5.62. The molecule has 2 rings (SSSR count). The van der Waals surface area contributed by atoms with Gasteiger partial charge in [0.2, 0.25) is 5.91 Å². The lowest BCUT2D eigenvalue weighted by Crippen LogP contribution is -2.27. The van der Waals surface area contributed by atoms with E-state index in [0.717, 1.165) is 25.8 Å². The fraction of sp³-hybridized carbons (Fsp3) is 0.588. The molecule has 0 bridgehead atoms. The van der Waals surface area contributed by atoms with Crippen LogP contribution in [0.1, 0.15) is 44.2 Å². The van der Waals surface area contributed by atoms with E-state index in [1.54, 1.807) is 0 Å². The van der Waals surface area contributed by atoms with Gasteiger partial charge in [-0.15, -0.1) is 0 Å². The Hall–Kier alpha value is -1.55. The summed E-state index contributed by atoms with van der Waals surface area (Å²) in [6, 6.07) is 9.37. The second kappa shape index (κ2) is 7.46. The van der Waals surface area contributed by atoms with Crippen molar-refractivity contribution >= 4 is 11.6 Å². The van der Waals surface area contributed by atoms with E-state index in [4.69, 9.17) is 0 Å². The predicted molar refractivity (Wildman–Crippen MR) is 87.6 cm³/mol. The summed E-state index contributed by atoms with van der Waals surface area (Å²) < 4.78 is 0. The van der Waals surface area contributed by atoms with Crippen LogP contribution < -0.4 is 15.5 Å². The first-order valence-electron chi connectivity index (χ1n) is 7.86. The van der Waals surface area contributed by atoms with E-state index in [-0.39, 0.29) is 5.91 Å². The Labute approximate surface area is 127 Å². The van der Waals surface area contributed by atoms with Gasteiger partial charge >= 0.3 is 0 Å². The largest absolute Gasteiger partial charge is 0.378 e. The molecule has 0 saturated heterocycles. The van der Waals surface area contributed by atoms with E-state index in [1.807, 2.05) is 14.1 Å².